The maximum absolute atomic E-state index is 11.7. The second-order valence-corrected chi connectivity index (χ2v) is 4.12. The number of methoxy groups -OCH3 is 1. The van der Waals surface area contributed by atoms with Crippen LogP contribution in [0.3, 0.4) is 0 Å². The van der Waals surface area contributed by atoms with Gasteiger partial charge in [0.05, 0.1) is 18.7 Å². The van der Waals surface area contributed by atoms with Crippen LogP contribution >= 0.6 is 0 Å². The summed E-state index contributed by atoms with van der Waals surface area (Å²) in [6, 6.07) is -0.133. The van der Waals surface area contributed by atoms with Gasteiger partial charge in [0.25, 0.3) is 0 Å². The number of ether oxygens (including phenoxy) is 2. The van der Waals surface area contributed by atoms with E-state index in [1.54, 1.807) is 18.2 Å². The van der Waals surface area contributed by atoms with Crippen LogP contribution in [0.1, 0.15) is 12.8 Å². The Morgan fingerprint density at radius 1 is 1.55 bits per heavy atom. The first kappa shape index (κ1) is 15.8. The third-order valence-electron chi connectivity index (χ3n) is 2.62. The van der Waals surface area contributed by atoms with Gasteiger partial charge in [0.2, 0.25) is 0 Å². The van der Waals surface area contributed by atoms with Crippen molar-refractivity contribution < 1.29 is 19.1 Å². The number of esters is 1. The predicted octanol–water partition coefficient (Wildman–Crippen LogP) is 2.27. The monoisotopic (exact) mass is 277 g/mol. The first-order valence-electron chi connectivity index (χ1n) is 6.35. The number of allylic oxidation sites excluding steroid dienone is 3. The number of alkyl carbamates (subject to hydrolysis) is 1. The molecule has 5 heteroatoms. The maximum atomic E-state index is 11.7. The summed E-state index contributed by atoms with van der Waals surface area (Å²) in [5, 5.41) is 2.70. The summed E-state index contributed by atoms with van der Waals surface area (Å²) in [5.41, 5.74) is 0.460. The molecule has 1 aliphatic rings. The van der Waals surface area contributed by atoms with Crippen molar-refractivity contribution in [3.05, 3.63) is 48.6 Å². The van der Waals surface area contributed by atoms with E-state index in [-0.39, 0.29) is 12.6 Å². The standard InChI is InChI=1S/C15H19NO4/c1-3-11-20-14(17)12-7-4-5-9-13(10-6-8-12)16-15(18)19-2/h3-4,6-8,10,13H,1,5,9,11H2,2H3,(H,16,18)/b7-4+,10-6+,12-8+/t13-/m0/s1. The molecule has 1 N–H and O–H groups in total. The minimum atomic E-state index is -0.475. The highest BCUT2D eigenvalue weighted by molar-refractivity contribution is 5.92. The van der Waals surface area contributed by atoms with Gasteiger partial charge in [-0.05, 0) is 18.9 Å². The molecular formula is C15H19NO4. The molecule has 108 valence electrons. The lowest BCUT2D eigenvalue weighted by Gasteiger charge is -2.12. The minimum absolute atomic E-state index is 0.133. The first-order valence-corrected chi connectivity index (χ1v) is 6.35. The molecule has 1 amide bonds. The van der Waals surface area contributed by atoms with Crippen LogP contribution in [0.2, 0.25) is 0 Å². The molecule has 0 aromatic rings. The summed E-state index contributed by atoms with van der Waals surface area (Å²) in [7, 11) is 1.32. The SMILES string of the molecule is C=CCOC(=O)C1=C/C=C/[C@@H](NC(=O)OC)CC\C=C\1. The van der Waals surface area contributed by atoms with Crippen molar-refractivity contribution in [2.45, 2.75) is 18.9 Å². The molecule has 0 aromatic heterocycles. The van der Waals surface area contributed by atoms with Gasteiger partial charge >= 0.3 is 12.1 Å². The Balaban J connectivity index is 2.71. The predicted molar refractivity (Wildman–Crippen MR) is 76.1 cm³/mol. The summed E-state index contributed by atoms with van der Waals surface area (Å²) in [6.07, 6.45) is 11.3. The lowest BCUT2D eigenvalue weighted by molar-refractivity contribution is -0.137. The number of hydrogen-bond acceptors (Lipinski definition) is 4. The molecule has 1 rings (SSSR count). The highest BCUT2D eigenvalue weighted by atomic mass is 16.5. The van der Waals surface area contributed by atoms with E-state index in [2.05, 4.69) is 16.6 Å². The van der Waals surface area contributed by atoms with Gasteiger partial charge < -0.3 is 14.8 Å². The van der Waals surface area contributed by atoms with Gasteiger partial charge in [-0.15, -0.1) is 0 Å². The Bertz CT molecular complexity index is 449. The van der Waals surface area contributed by atoms with Crippen LogP contribution in [0.25, 0.3) is 0 Å². The molecule has 20 heavy (non-hydrogen) atoms. The molecule has 0 heterocycles. The maximum Gasteiger partial charge on any atom is 0.407 e. The molecule has 1 aliphatic carbocycles. The summed E-state index contributed by atoms with van der Waals surface area (Å²) in [5.74, 6) is -0.398. The van der Waals surface area contributed by atoms with Crippen LogP contribution in [0.15, 0.2) is 48.6 Å². The van der Waals surface area contributed by atoms with Gasteiger partial charge in [0, 0.05) is 0 Å². The Morgan fingerprint density at radius 2 is 2.35 bits per heavy atom. The van der Waals surface area contributed by atoms with Crippen LogP contribution in [0, 0.1) is 0 Å². The molecular weight excluding hydrogens is 258 g/mol. The van der Waals surface area contributed by atoms with Gasteiger partial charge in [-0.1, -0.05) is 37.0 Å². The normalized spacial score (nSPS) is 23.9. The molecule has 5 nitrogen and oxygen atoms in total. The van der Waals surface area contributed by atoms with E-state index in [4.69, 9.17) is 4.74 Å². The fourth-order valence-electron chi connectivity index (χ4n) is 1.62. The largest absolute Gasteiger partial charge is 0.458 e. The molecule has 0 saturated heterocycles. The molecule has 0 spiro atoms. The van der Waals surface area contributed by atoms with Gasteiger partial charge in [0.15, 0.2) is 0 Å². The third-order valence-corrected chi connectivity index (χ3v) is 2.62. The second kappa shape index (κ2) is 8.74. The van der Waals surface area contributed by atoms with E-state index in [1.807, 2.05) is 12.2 Å². The van der Waals surface area contributed by atoms with E-state index in [9.17, 15) is 9.59 Å². The fourth-order valence-corrected chi connectivity index (χ4v) is 1.62. The van der Waals surface area contributed by atoms with E-state index < -0.39 is 12.1 Å². The van der Waals surface area contributed by atoms with E-state index in [1.165, 1.54) is 13.2 Å². The number of rotatable bonds is 4. The van der Waals surface area contributed by atoms with Crippen LogP contribution in [-0.4, -0.2) is 31.8 Å². The van der Waals surface area contributed by atoms with E-state index in [0.717, 1.165) is 12.8 Å². The van der Waals surface area contributed by atoms with Gasteiger partial charge in [-0.25, -0.2) is 9.59 Å². The van der Waals surface area contributed by atoms with Crippen molar-refractivity contribution in [3.8, 4) is 0 Å². The zero-order chi connectivity index (χ0) is 14.8. The molecule has 0 aliphatic heterocycles. The Hall–Kier alpha value is -2.30. The lowest BCUT2D eigenvalue weighted by atomic mass is 10.1. The second-order valence-electron chi connectivity index (χ2n) is 4.12. The number of carbonyl (C=O) groups is 2. The summed E-state index contributed by atoms with van der Waals surface area (Å²) < 4.78 is 9.54. The topological polar surface area (TPSA) is 64.6 Å². The Morgan fingerprint density at radius 3 is 3.05 bits per heavy atom. The van der Waals surface area contributed by atoms with E-state index >= 15 is 0 Å². The van der Waals surface area contributed by atoms with Gasteiger partial charge in [-0.2, -0.15) is 0 Å². The number of amides is 1. The summed E-state index contributed by atoms with van der Waals surface area (Å²) in [6.45, 7) is 3.67. The van der Waals surface area contributed by atoms with Crippen molar-refractivity contribution in [2.24, 2.45) is 0 Å². The van der Waals surface area contributed by atoms with Crippen LogP contribution in [0.5, 0.6) is 0 Å². The first-order chi connectivity index (χ1) is 9.67. The number of hydrogen-bond donors (Lipinski definition) is 1. The molecule has 0 bridgehead atoms. The highest BCUT2D eigenvalue weighted by Gasteiger charge is 2.11. The molecule has 0 unspecified atom stereocenters. The van der Waals surface area contributed by atoms with E-state index in [0.29, 0.717) is 5.57 Å². The van der Waals surface area contributed by atoms with Crippen molar-refractivity contribution in [1.82, 2.24) is 5.32 Å². The van der Waals surface area contributed by atoms with Crippen molar-refractivity contribution >= 4 is 12.1 Å². The van der Waals surface area contributed by atoms with Crippen LogP contribution in [-0.2, 0) is 14.3 Å². The zero-order valence-electron chi connectivity index (χ0n) is 11.5. The third kappa shape index (κ3) is 5.56. The average Bonchev–Trinajstić information content (AvgIpc) is 2.56. The lowest BCUT2D eigenvalue weighted by Crippen LogP contribution is -2.33. The summed E-state index contributed by atoms with van der Waals surface area (Å²) in [4.78, 5) is 22.9. The molecule has 0 fully saturated rings. The fraction of sp³-hybridized carbons (Fsp3) is 0.333. The molecule has 0 aromatic carbocycles. The summed E-state index contributed by atoms with van der Waals surface area (Å²) >= 11 is 0. The smallest absolute Gasteiger partial charge is 0.407 e. The number of carbonyl (C=O) groups excluding carboxylic acids is 2. The minimum Gasteiger partial charge on any atom is -0.458 e. The number of nitrogens with one attached hydrogen (secondary N) is 1. The molecule has 0 saturated carbocycles. The van der Waals surface area contributed by atoms with Crippen LogP contribution < -0.4 is 5.32 Å². The average molecular weight is 277 g/mol. The van der Waals surface area contributed by atoms with Crippen molar-refractivity contribution in [2.75, 3.05) is 13.7 Å². The Kier molecular flexibility index (Phi) is 6.89. The molecule has 1 atom stereocenters. The van der Waals surface area contributed by atoms with Gasteiger partial charge in [-0.3, -0.25) is 0 Å². The van der Waals surface area contributed by atoms with Crippen molar-refractivity contribution in [3.63, 3.8) is 0 Å². The molecule has 0 radical (unpaired) electrons. The Labute approximate surface area is 118 Å². The quantitative estimate of drug-likeness (QED) is 0.632. The van der Waals surface area contributed by atoms with Crippen molar-refractivity contribution in [1.29, 1.82) is 0 Å². The highest BCUT2D eigenvalue weighted by Crippen LogP contribution is 2.09. The van der Waals surface area contributed by atoms with Crippen LogP contribution in [0.4, 0.5) is 4.79 Å². The zero-order valence-corrected chi connectivity index (χ0v) is 11.5. The van der Waals surface area contributed by atoms with Gasteiger partial charge in [0.1, 0.15) is 6.61 Å².